The second-order valence-corrected chi connectivity index (χ2v) is 7.01. The van der Waals surface area contributed by atoms with Gasteiger partial charge in [0.2, 0.25) is 5.95 Å². The van der Waals surface area contributed by atoms with Crippen molar-refractivity contribution in [2.45, 2.75) is 27.7 Å². The van der Waals surface area contributed by atoms with E-state index in [-0.39, 0.29) is 0 Å². The third kappa shape index (κ3) is 3.62. The van der Waals surface area contributed by atoms with Crippen LogP contribution in [0.3, 0.4) is 0 Å². The molecule has 28 heavy (non-hydrogen) atoms. The Balaban J connectivity index is 1.76. The molecular formula is C22H22N6. The van der Waals surface area contributed by atoms with Crippen molar-refractivity contribution < 1.29 is 0 Å². The van der Waals surface area contributed by atoms with E-state index in [9.17, 15) is 0 Å². The van der Waals surface area contributed by atoms with Gasteiger partial charge in [0.1, 0.15) is 0 Å². The monoisotopic (exact) mass is 370 g/mol. The summed E-state index contributed by atoms with van der Waals surface area (Å²) in [5, 5.41) is 6.71. The van der Waals surface area contributed by atoms with Crippen molar-refractivity contribution in [3.63, 3.8) is 0 Å². The van der Waals surface area contributed by atoms with Gasteiger partial charge in [0.15, 0.2) is 17.0 Å². The molecule has 2 aromatic heterocycles. The zero-order valence-corrected chi connectivity index (χ0v) is 16.4. The third-order valence-corrected chi connectivity index (χ3v) is 4.60. The molecule has 2 N–H and O–H groups in total. The van der Waals surface area contributed by atoms with E-state index >= 15 is 0 Å². The Labute approximate surface area is 164 Å². The Morgan fingerprint density at radius 2 is 1.29 bits per heavy atom. The maximum atomic E-state index is 4.68. The van der Waals surface area contributed by atoms with Crippen LogP contribution < -0.4 is 10.6 Å². The molecule has 0 unspecified atom stereocenters. The van der Waals surface area contributed by atoms with Gasteiger partial charge in [0.05, 0.1) is 0 Å². The first-order valence-electron chi connectivity index (χ1n) is 9.17. The van der Waals surface area contributed by atoms with Gasteiger partial charge in [-0.3, -0.25) is 0 Å². The minimum Gasteiger partial charge on any atom is -0.338 e. The molecule has 0 spiro atoms. The number of benzene rings is 2. The van der Waals surface area contributed by atoms with Crippen LogP contribution in [-0.4, -0.2) is 19.9 Å². The van der Waals surface area contributed by atoms with Gasteiger partial charge in [0.25, 0.3) is 0 Å². The first-order chi connectivity index (χ1) is 13.5. The van der Waals surface area contributed by atoms with Crippen molar-refractivity contribution in [2.75, 3.05) is 10.6 Å². The van der Waals surface area contributed by atoms with Gasteiger partial charge >= 0.3 is 0 Å². The van der Waals surface area contributed by atoms with E-state index in [0.717, 1.165) is 22.5 Å². The van der Waals surface area contributed by atoms with Crippen molar-refractivity contribution in [3.8, 4) is 0 Å². The molecule has 6 nitrogen and oxygen atoms in total. The van der Waals surface area contributed by atoms with Gasteiger partial charge < -0.3 is 10.6 Å². The lowest BCUT2D eigenvalue weighted by molar-refractivity contribution is 1.14. The van der Waals surface area contributed by atoms with Crippen LogP contribution in [0.1, 0.15) is 22.3 Å². The molecule has 0 amide bonds. The fourth-order valence-corrected chi connectivity index (χ4v) is 3.16. The van der Waals surface area contributed by atoms with E-state index in [1.807, 2.05) is 12.1 Å². The van der Waals surface area contributed by atoms with E-state index < -0.39 is 0 Å². The summed E-state index contributed by atoms with van der Waals surface area (Å²) in [5.41, 5.74) is 7.81. The van der Waals surface area contributed by atoms with Crippen molar-refractivity contribution in [3.05, 3.63) is 71.0 Å². The summed E-state index contributed by atoms with van der Waals surface area (Å²) in [4.78, 5) is 18.0. The van der Waals surface area contributed by atoms with Crippen LogP contribution in [-0.2, 0) is 0 Å². The smallest absolute Gasteiger partial charge is 0.231 e. The molecule has 0 atom stereocenters. The van der Waals surface area contributed by atoms with E-state index in [1.54, 1.807) is 12.4 Å². The number of aryl methyl sites for hydroxylation is 4. The molecule has 4 rings (SSSR count). The number of fused-ring (bicyclic) bond motifs is 1. The lowest BCUT2D eigenvalue weighted by atomic mass is 10.1. The fourth-order valence-electron chi connectivity index (χ4n) is 3.16. The summed E-state index contributed by atoms with van der Waals surface area (Å²) in [6.45, 7) is 8.28. The van der Waals surface area contributed by atoms with Gasteiger partial charge in [0, 0.05) is 23.8 Å². The molecule has 6 heteroatoms. The summed E-state index contributed by atoms with van der Waals surface area (Å²) >= 11 is 0. The van der Waals surface area contributed by atoms with Crippen LogP contribution in [0.15, 0.2) is 48.8 Å². The molecule has 0 saturated heterocycles. The molecule has 0 fully saturated rings. The van der Waals surface area contributed by atoms with Gasteiger partial charge in [-0.2, -0.15) is 9.97 Å². The van der Waals surface area contributed by atoms with Crippen LogP contribution in [0.25, 0.3) is 11.2 Å². The minimum atomic E-state index is 0.479. The van der Waals surface area contributed by atoms with Gasteiger partial charge in [-0.15, -0.1) is 0 Å². The summed E-state index contributed by atoms with van der Waals surface area (Å²) < 4.78 is 0. The van der Waals surface area contributed by atoms with E-state index in [0.29, 0.717) is 22.9 Å². The predicted molar refractivity (Wildman–Crippen MR) is 114 cm³/mol. The van der Waals surface area contributed by atoms with Crippen molar-refractivity contribution in [2.24, 2.45) is 0 Å². The highest BCUT2D eigenvalue weighted by molar-refractivity contribution is 5.86. The molecule has 0 saturated carbocycles. The summed E-state index contributed by atoms with van der Waals surface area (Å²) in [5.74, 6) is 1.10. The number of nitrogens with one attached hydrogen (secondary N) is 2. The van der Waals surface area contributed by atoms with Gasteiger partial charge in [-0.1, -0.05) is 35.4 Å². The molecule has 0 radical (unpaired) electrons. The standard InChI is InChI=1S/C22H22N6/c1-13-5-7-17(15(3)11-13)25-21-19-20(24-10-9-23-19)27-22(28-21)26-18-8-6-14(2)12-16(18)4/h5-12H,1-4H3,(H2,24,25,26,27,28). The molecule has 140 valence electrons. The molecule has 2 heterocycles. The van der Waals surface area contributed by atoms with Crippen molar-refractivity contribution in [1.82, 2.24) is 19.9 Å². The molecule has 0 aliphatic carbocycles. The second-order valence-electron chi connectivity index (χ2n) is 7.01. The summed E-state index contributed by atoms with van der Waals surface area (Å²) in [7, 11) is 0. The van der Waals surface area contributed by atoms with Crippen LogP contribution >= 0.6 is 0 Å². The Bertz CT molecular complexity index is 1170. The highest BCUT2D eigenvalue weighted by Gasteiger charge is 2.12. The Kier molecular flexibility index (Phi) is 4.61. The molecule has 4 aromatic rings. The van der Waals surface area contributed by atoms with Crippen LogP contribution in [0.5, 0.6) is 0 Å². The number of anilines is 4. The second kappa shape index (κ2) is 7.23. The van der Waals surface area contributed by atoms with Crippen LogP contribution in [0, 0.1) is 27.7 Å². The first kappa shape index (κ1) is 17.9. The zero-order chi connectivity index (χ0) is 19.7. The Morgan fingerprint density at radius 3 is 1.93 bits per heavy atom. The number of nitrogens with zero attached hydrogens (tertiary/aromatic N) is 4. The first-order valence-corrected chi connectivity index (χ1v) is 9.17. The summed E-state index contributed by atoms with van der Waals surface area (Å²) in [6.07, 6.45) is 3.28. The largest absolute Gasteiger partial charge is 0.338 e. The average Bonchev–Trinajstić information content (AvgIpc) is 2.66. The maximum Gasteiger partial charge on any atom is 0.231 e. The Morgan fingerprint density at radius 1 is 0.679 bits per heavy atom. The quantitative estimate of drug-likeness (QED) is 0.518. The molecule has 0 bridgehead atoms. The van der Waals surface area contributed by atoms with E-state index in [2.05, 4.69) is 82.5 Å². The Hall–Kier alpha value is -3.54. The topological polar surface area (TPSA) is 75.6 Å². The highest BCUT2D eigenvalue weighted by Crippen LogP contribution is 2.27. The SMILES string of the molecule is Cc1ccc(Nc2nc(Nc3ccc(C)cc3C)c3nccnc3n2)c(C)c1. The fraction of sp³-hybridized carbons (Fsp3) is 0.182. The van der Waals surface area contributed by atoms with Gasteiger partial charge in [-0.25, -0.2) is 9.97 Å². The molecular weight excluding hydrogens is 348 g/mol. The van der Waals surface area contributed by atoms with E-state index in [4.69, 9.17) is 0 Å². The van der Waals surface area contributed by atoms with Crippen LogP contribution in [0.4, 0.5) is 23.1 Å². The number of aromatic nitrogens is 4. The lowest BCUT2D eigenvalue weighted by Crippen LogP contribution is -2.05. The minimum absolute atomic E-state index is 0.479. The lowest BCUT2D eigenvalue weighted by Gasteiger charge is -2.13. The number of hydrogen-bond donors (Lipinski definition) is 2. The third-order valence-electron chi connectivity index (χ3n) is 4.60. The number of rotatable bonds is 4. The molecule has 0 aliphatic rings. The van der Waals surface area contributed by atoms with Crippen molar-refractivity contribution in [1.29, 1.82) is 0 Å². The molecule has 0 aliphatic heterocycles. The van der Waals surface area contributed by atoms with Gasteiger partial charge in [-0.05, 0) is 51.0 Å². The van der Waals surface area contributed by atoms with E-state index in [1.165, 1.54) is 11.1 Å². The maximum absolute atomic E-state index is 4.68. The highest BCUT2D eigenvalue weighted by atomic mass is 15.2. The molecule has 2 aromatic carbocycles. The van der Waals surface area contributed by atoms with Crippen LogP contribution in [0.2, 0.25) is 0 Å². The predicted octanol–water partition coefficient (Wildman–Crippen LogP) is 5.14. The summed E-state index contributed by atoms with van der Waals surface area (Å²) in [6, 6.07) is 12.5. The number of hydrogen-bond acceptors (Lipinski definition) is 6. The van der Waals surface area contributed by atoms with Crippen molar-refractivity contribution >= 4 is 34.3 Å². The average molecular weight is 370 g/mol. The zero-order valence-electron chi connectivity index (χ0n) is 16.4. The normalized spacial score (nSPS) is 10.9.